The standard InChI is InChI=1S/C22H28FN3O4S/c1-16(2)24-22(27)17(3)30-20-8-10-21(11-9-20)31(28,29)26-14-12-25(13-15-26)19-6-4-18(23)5-7-19/h4-11,16-17H,12-15H2,1-3H3,(H,24,27)/t17-/m0/s1. The minimum atomic E-state index is -3.64. The van der Waals surface area contributed by atoms with Crippen molar-refractivity contribution >= 4 is 21.6 Å². The van der Waals surface area contributed by atoms with Crippen molar-refractivity contribution in [1.29, 1.82) is 0 Å². The van der Waals surface area contributed by atoms with Crippen LogP contribution in [0.15, 0.2) is 53.4 Å². The molecule has 1 aliphatic heterocycles. The van der Waals surface area contributed by atoms with Crippen molar-refractivity contribution in [3.05, 3.63) is 54.3 Å². The van der Waals surface area contributed by atoms with Gasteiger partial charge in [0.2, 0.25) is 10.0 Å². The van der Waals surface area contributed by atoms with Gasteiger partial charge in [0.15, 0.2) is 6.10 Å². The summed E-state index contributed by atoms with van der Waals surface area (Å²) in [6.07, 6.45) is -0.690. The summed E-state index contributed by atoms with van der Waals surface area (Å²) in [5.41, 5.74) is 0.871. The number of hydrogen-bond acceptors (Lipinski definition) is 5. The smallest absolute Gasteiger partial charge is 0.260 e. The number of anilines is 1. The molecule has 7 nitrogen and oxygen atoms in total. The number of halogens is 1. The van der Waals surface area contributed by atoms with Gasteiger partial charge in [-0.05, 0) is 69.3 Å². The fourth-order valence-corrected chi connectivity index (χ4v) is 4.76. The first kappa shape index (κ1) is 23.0. The van der Waals surface area contributed by atoms with Crippen LogP contribution in [-0.4, -0.2) is 57.0 Å². The van der Waals surface area contributed by atoms with E-state index in [9.17, 15) is 17.6 Å². The van der Waals surface area contributed by atoms with Crippen LogP contribution in [0, 0.1) is 5.82 Å². The van der Waals surface area contributed by atoms with Crippen LogP contribution in [0.25, 0.3) is 0 Å². The molecule has 1 amide bonds. The second-order valence-electron chi connectivity index (χ2n) is 7.76. The zero-order valence-corrected chi connectivity index (χ0v) is 18.7. The highest BCUT2D eigenvalue weighted by Gasteiger charge is 2.28. The Labute approximate surface area is 182 Å². The quantitative estimate of drug-likeness (QED) is 0.703. The summed E-state index contributed by atoms with van der Waals surface area (Å²) < 4.78 is 46.1. The molecule has 1 aliphatic rings. The van der Waals surface area contributed by atoms with Gasteiger partial charge in [-0.25, -0.2) is 12.8 Å². The van der Waals surface area contributed by atoms with Crippen molar-refractivity contribution in [2.45, 2.75) is 37.8 Å². The van der Waals surface area contributed by atoms with E-state index in [-0.39, 0.29) is 22.7 Å². The van der Waals surface area contributed by atoms with E-state index in [0.29, 0.717) is 31.9 Å². The van der Waals surface area contributed by atoms with Crippen molar-refractivity contribution in [3.63, 3.8) is 0 Å². The van der Waals surface area contributed by atoms with Crippen LogP contribution in [0.3, 0.4) is 0 Å². The molecule has 3 rings (SSSR count). The fraction of sp³-hybridized carbons (Fsp3) is 0.409. The fourth-order valence-electron chi connectivity index (χ4n) is 3.34. The van der Waals surface area contributed by atoms with Gasteiger partial charge >= 0.3 is 0 Å². The first-order valence-electron chi connectivity index (χ1n) is 10.2. The zero-order valence-electron chi connectivity index (χ0n) is 17.9. The maximum Gasteiger partial charge on any atom is 0.260 e. The van der Waals surface area contributed by atoms with Gasteiger partial charge in [-0.1, -0.05) is 0 Å². The van der Waals surface area contributed by atoms with Crippen molar-refractivity contribution < 1.29 is 22.3 Å². The van der Waals surface area contributed by atoms with Crippen molar-refractivity contribution in [1.82, 2.24) is 9.62 Å². The molecule has 1 atom stereocenters. The summed E-state index contributed by atoms with van der Waals surface area (Å²) in [4.78, 5) is 14.2. The van der Waals surface area contributed by atoms with Gasteiger partial charge in [0.05, 0.1) is 4.90 Å². The zero-order chi connectivity index (χ0) is 22.6. The van der Waals surface area contributed by atoms with Gasteiger partial charge in [-0.3, -0.25) is 4.79 Å². The highest BCUT2D eigenvalue weighted by Crippen LogP contribution is 2.23. The number of sulfonamides is 1. The molecule has 1 fully saturated rings. The normalized spacial score (nSPS) is 16.2. The summed E-state index contributed by atoms with van der Waals surface area (Å²) in [6, 6.07) is 12.3. The largest absolute Gasteiger partial charge is 0.481 e. The molecule has 1 N–H and O–H groups in total. The number of hydrogen-bond donors (Lipinski definition) is 1. The Balaban J connectivity index is 1.60. The van der Waals surface area contributed by atoms with E-state index in [1.54, 1.807) is 31.2 Å². The Morgan fingerprint density at radius 1 is 0.968 bits per heavy atom. The molecule has 0 aromatic heterocycles. The molecule has 0 bridgehead atoms. The lowest BCUT2D eigenvalue weighted by Gasteiger charge is -2.35. The molecule has 0 spiro atoms. The van der Waals surface area contributed by atoms with E-state index in [2.05, 4.69) is 5.32 Å². The monoisotopic (exact) mass is 449 g/mol. The van der Waals surface area contributed by atoms with E-state index in [4.69, 9.17) is 4.74 Å². The minimum absolute atomic E-state index is 0.00888. The average molecular weight is 450 g/mol. The van der Waals surface area contributed by atoms with Crippen molar-refractivity contribution in [2.75, 3.05) is 31.1 Å². The van der Waals surface area contributed by atoms with Crippen LogP contribution in [0.5, 0.6) is 5.75 Å². The van der Waals surface area contributed by atoms with Crippen LogP contribution in [-0.2, 0) is 14.8 Å². The van der Waals surface area contributed by atoms with Gasteiger partial charge in [0.25, 0.3) is 5.91 Å². The predicted molar refractivity (Wildman–Crippen MR) is 117 cm³/mol. The Morgan fingerprint density at radius 2 is 1.55 bits per heavy atom. The van der Waals surface area contributed by atoms with E-state index in [1.807, 2.05) is 18.7 Å². The lowest BCUT2D eigenvalue weighted by molar-refractivity contribution is -0.127. The lowest BCUT2D eigenvalue weighted by atomic mass is 10.2. The highest BCUT2D eigenvalue weighted by molar-refractivity contribution is 7.89. The summed E-state index contributed by atoms with van der Waals surface area (Å²) in [6.45, 7) is 7.09. The van der Waals surface area contributed by atoms with Crippen molar-refractivity contribution in [2.24, 2.45) is 0 Å². The molecule has 168 valence electrons. The molecule has 0 radical (unpaired) electrons. The van der Waals surface area contributed by atoms with Crippen molar-refractivity contribution in [3.8, 4) is 5.75 Å². The molecule has 0 unspecified atom stereocenters. The van der Waals surface area contributed by atoms with Crippen LogP contribution in [0.4, 0.5) is 10.1 Å². The maximum atomic E-state index is 13.1. The molecule has 2 aromatic rings. The summed E-state index contributed by atoms with van der Waals surface area (Å²) >= 11 is 0. The number of nitrogens with zero attached hydrogens (tertiary/aromatic N) is 2. The molecule has 2 aromatic carbocycles. The van der Waals surface area contributed by atoms with E-state index >= 15 is 0 Å². The predicted octanol–water partition coefficient (Wildman–Crippen LogP) is 2.63. The minimum Gasteiger partial charge on any atom is -0.481 e. The lowest BCUT2D eigenvalue weighted by Crippen LogP contribution is -2.48. The van der Waals surface area contributed by atoms with Gasteiger partial charge in [0.1, 0.15) is 11.6 Å². The number of carbonyl (C=O) groups is 1. The number of nitrogens with one attached hydrogen (secondary N) is 1. The molecule has 0 aliphatic carbocycles. The van der Waals surface area contributed by atoms with Gasteiger partial charge < -0.3 is 15.0 Å². The number of amides is 1. The molecule has 9 heteroatoms. The number of carbonyl (C=O) groups excluding carboxylic acids is 1. The molecule has 1 heterocycles. The molecule has 1 saturated heterocycles. The second-order valence-corrected chi connectivity index (χ2v) is 9.70. The third-order valence-corrected chi connectivity index (χ3v) is 6.92. The topological polar surface area (TPSA) is 78.9 Å². The highest BCUT2D eigenvalue weighted by atomic mass is 32.2. The Bertz CT molecular complexity index is 986. The van der Waals surface area contributed by atoms with E-state index in [0.717, 1.165) is 5.69 Å². The average Bonchev–Trinajstić information content (AvgIpc) is 2.74. The molecular formula is C22H28FN3O4S. The SMILES string of the molecule is CC(C)NC(=O)[C@H](C)Oc1ccc(S(=O)(=O)N2CCN(c3ccc(F)cc3)CC2)cc1. The molecular weight excluding hydrogens is 421 g/mol. The van der Waals surface area contributed by atoms with Gasteiger partial charge in [0, 0.05) is 37.9 Å². The van der Waals surface area contributed by atoms with Crippen LogP contribution < -0.4 is 15.0 Å². The van der Waals surface area contributed by atoms with E-state index in [1.165, 1.54) is 28.6 Å². The van der Waals surface area contributed by atoms with E-state index < -0.39 is 16.1 Å². The number of ether oxygens (including phenoxy) is 1. The molecule has 31 heavy (non-hydrogen) atoms. The third-order valence-electron chi connectivity index (χ3n) is 5.00. The first-order chi connectivity index (χ1) is 14.7. The van der Waals surface area contributed by atoms with Gasteiger partial charge in [-0.2, -0.15) is 4.31 Å². The Morgan fingerprint density at radius 3 is 2.10 bits per heavy atom. The summed E-state index contributed by atoms with van der Waals surface area (Å²) in [5.74, 6) is -0.107. The number of rotatable bonds is 7. The Kier molecular flexibility index (Phi) is 7.17. The summed E-state index contributed by atoms with van der Waals surface area (Å²) in [7, 11) is -3.64. The first-order valence-corrected chi connectivity index (χ1v) is 11.7. The number of piperazine rings is 1. The summed E-state index contributed by atoms with van der Waals surface area (Å²) in [5, 5.41) is 2.77. The second kappa shape index (κ2) is 9.65. The van der Waals surface area contributed by atoms with Crippen LogP contribution in [0.2, 0.25) is 0 Å². The Hall–Kier alpha value is -2.65. The maximum absolute atomic E-state index is 13.1. The number of benzene rings is 2. The van der Waals surface area contributed by atoms with Crippen LogP contribution in [0.1, 0.15) is 20.8 Å². The van der Waals surface area contributed by atoms with Gasteiger partial charge in [-0.15, -0.1) is 0 Å². The van der Waals surface area contributed by atoms with Crippen LogP contribution >= 0.6 is 0 Å². The molecule has 0 saturated carbocycles. The third kappa shape index (κ3) is 5.74.